The minimum absolute atomic E-state index is 0.150. The zero-order valence-corrected chi connectivity index (χ0v) is 30.4. The number of rotatable bonds is 17. The summed E-state index contributed by atoms with van der Waals surface area (Å²) in [6.07, 6.45) is -1.01. The predicted molar refractivity (Wildman–Crippen MR) is 193 cm³/mol. The zero-order valence-electron chi connectivity index (χ0n) is 29.6. The number of benzene rings is 2. The second kappa shape index (κ2) is 19.0. The first-order chi connectivity index (χ1) is 24.4. The van der Waals surface area contributed by atoms with Gasteiger partial charge in [-0.1, -0.05) is 88.4 Å². The van der Waals surface area contributed by atoms with Gasteiger partial charge in [-0.3, -0.25) is 4.79 Å². The van der Waals surface area contributed by atoms with E-state index < -0.39 is 48.4 Å². The fourth-order valence-corrected chi connectivity index (χ4v) is 6.22. The number of hydrogen-bond acceptors (Lipinski definition) is 10. The van der Waals surface area contributed by atoms with Crippen LogP contribution in [0.4, 0.5) is 9.59 Å². The highest BCUT2D eigenvalue weighted by atomic mass is 32.1. The summed E-state index contributed by atoms with van der Waals surface area (Å²) in [6.45, 7) is 7.81. The molecule has 4 rings (SSSR count). The van der Waals surface area contributed by atoms with Gasteiger partial charge >= 0.3 is 12.1 Å². The van der Waals surface area contributed by atoms with Crippen LogP contribution in [0.3, 0.4) is 0 Å². The average Bonchev–Trinajstić information content (AvgIpc) is 3.82. The van der Waals surface area contributed by atoms with E-state index in [9.17, 15) is 24.6 Å². The molecule has 2 aromatic carbocycles. The van der Waals surface area contributed by atoms with Crippen LogP contribution in [-0.4, -0.2) is 80.5 Å². The molecule has 2 heterocycles. The largest absolute Gasteiger partial charge is 0.445 e. The van der Waals surface area contributed by atoms with Crippen molar-refractivity contribution in [3.63, 3.8) is 0 Å². The lowest BCUT2D eigenvalue weighted by molar-refractivity contribution is -0.126. The van der Waals surface area contributed by atoms with Crippen LogP contribution >= 0.6 is 11.3 Å². The molecule has 0 aliphatic carbocycles. The van der Waals surface area contributed by atoms with Crippen molar-refractivity contribution < 1.29 is 33.8 Å². The van der Waals surface area contributed by atoms with Gasteiger partial charge in [-0.25, -0.2) is 19.6 Å². The fourth-order valence-electron chi connectivity index (χ4n) is 5.40. The summed E-state index contributed by atoms with van der Waals surface area (Å²) in [5.74, 6) is -0.246. The van der Waals surface area contributed by atoms with Crippen molar-refractivity contribution in [1.29, 1.82) is 0 Å². The van der Waals surface area contributed by atoms with Crippen LogP contribution < -0.4 is 16.0 Å². The highest BCUT2D eigenvalue weighted by Crippen LogP contribution is 2.20. The van der Waals surface area contributed by atoms with Gasteiger partial charge in [0.15, 0.2) is 18.8 Å². The van der Waals surface area contributed by atoms with E-state index >= 15 is 0 Å². The SMILES string of the molecule is CC(C)c1nc(CN(C)C(=O)N[C@H](C(=O)N[C@@H](Cc2ccccc2)[C@H](O)[C@H](O)[C@H](Cc2ccccc2)NC(=O)OCc2cnco2)C(C)C)cs1. The first kappa shape index (κ1) is 39.0. The molecule has 0 radical (unpaired) electrons. The quantitative estimate of drug-likeness (QED) is 0.106. The van der Waals surface area contributed by atoms with Gasteiger partial charge in [-0.15, -0.1) is 11.3 Å². The van der Waals surface area contributed by atoms with Crippen molar-refractivity contribution in [3.05, 3.63) is 106 Å². The molecule has 2 aromatic heterocycles. The summed E-state index contributed by atoms with van der Waals surface area (Å²) in [4.78, 5) is 49.9. The Bertz CT molecular complexity index is 1650. The lowest BCUT2D eigenvalue weighted by atomic mass is 9.90. The topological polar surface area (TPSA) is 179 Å². The molecule has 5 N–H and O–H groups in total. The van der Waals surface area contributed by atoms with E-state index in [-0.39, 0.29) is 37.8 Å². The molecule has 0 unspecified atom stereocenters. The monoisotopic (exact) mass is 720 g/mol. The van der Waals surface area contributed by atoms with Gasteiger partial charge in [-0.05, 0) is 29.9 Å². The number of amides is 4. The number of hydrogen-bond donors (Lipinski definition) is 5. The van der Waals surface area contributed by atoms with Crippen LogP contribution in [0, 0.1) is 5.92 Å². The Morgan fingerprint density at radius 1 is 0.882 bits per heavy atom. The number of aromatic nitrogens is 2. The van der Waals surface area contributed by atoms with Crippen molar-refractivity contribution in [3.8, 4) is 0 Å². The van der Waals surface area contributed by atoms with Crippen molar-refractivity contribution >= 4 is 29.4 Å². The molecular weight excluding hydrogens is 673 g/mol. The third-order valence-electron chi connectivity index (χ3n) is 8.27. The van der Waals surface area contributed by atoms with Crippen LogP contribution in [0.15, 0.2) is 83.1 Å². The molecule has 0 bridgehead atoms. The molecule has 51 heavy (non-hydrogen) atoms. The number of nitrogens with one attached hydrogen (secondary N) is 3. The summed E-state index contributed by atoms with van der Waals surface area (Å²) < 4.78 is 10.4. The van der Waals surface area contributed by atoms with E-state index in [0.717, 1.165) is 21.8 Å². The Morgan fingerprint density at radius 2 is 1.47 bits per heavy atom. The maximum Gasteiger partial charge on any atom is 0.407 e. The molecule has 4 aromatic rings. The van der Waals surface area contributed by atoms with E-state index in [0.29, 0.717) is 5.76 Å². The Hall–Kier alpha value is -4.79. The molecule has 0 saturated heterocycles. The van der Waals surface area contributed by atoms with Crippen LogP contribution in [-0.2, 0) is 35.5 Å². The summed E-state index contributed by atoms with van der Waals surface area (Å²) in [5, 5.41) is 34.7. The normalized spacial score (nSPS) is 14.3. The standard InChI is InChI=1S/C37H48N6O7S/c1-23(2)31(42-36(47)43(5)19-27-21-51-35(39-27)24(3)4)34(46)40-29(16-25-12-8-6-9-13-25)32(44)33(45)30(17-26-14-10-7-11-15-26)41-37(48)49-20-28-18-38-22-50-28/h6-15,18,21-24,29-33,44-45H,16-17,19-20H2,1-5H3,(H,40,46)(H,41,48)(H,42,47)/t29-,30-,31-,32-,33+/m0/s1. The molecule has 0 aliphatic rings. The number of carbonyl (C=O) groups excluding carboxylic acids is 3. The van der Waals surface area contributed by atoms with E-state index in [2.05, 4.69) is 39.8 Å². The third-order valence-corrected chi connectivity index (χ3v) is 9.46. The molecular formula is C37H48N6O7S. The van der Waals surface area contributed by atoms with Gasteiger partial charge in [0.25, 0.3) is 0 Å². The molecule has 5 atom stereocenters. The van der Waals surface area contributed by atoms with Crippen molar-refractivity contribution in [2.75, 3.05) is 7.05 Å². The number of carbonyl (C=O) groups is 3. The van der Waals surface area contributed by atoms with E-state index in [4.69, 9.17) is 9.15 Å². The van der Waals surface area contributed by atoms with Crippen molar-refractivity contribution in [2.24, 2.45) is 5.92 Å². The smallest absolute Gasteiger partial charge is 0.407 e. The highest BCUT2D eigenvalue weighted by molar-refractivity contribution is 7.09. The number of oxazole rings is 1. The summed E-state index contributed by atoms with van der Waals surface area (Å²) in [7, 11) is 1.63. The molecule has 0 spiro atoms. The number of urea groups is 1. The van der Waals surface area contributed by atoms with Crippen molar-refractivity contribution in [2.45, 2.75) is 89.9 Å². The summed E-state index contributed by atoms with van der Waals surface area (Å²) in [6, 6.07) is 14.9. The van der Waals surface area contributed by atoms with Crippen LogP contribution in [0.2, 0.25) is 0 Å². The number of aliphatic hydroxyl groups excluding tert-OH is 2. The Kier molecular flexibility index (Phi) is 14.5. The second-order valence-corrected chi connectivity index (χ2v) is 14.0. The Balaban J connectivity index is 1.50. The van der Waals surface area contributed by atoms with Crippen molar-refractivity contribution in [1.82, 2.24) is 30.8 Å². The first-order valence-electron chi connectivity index (χ1n) is 16.9. The van der Waals surface area contributed by atoms with Crippen LogP contribution in [0.25, 0.3) is 0 Å². The molecule has 13 nitrogen and oxygen atoms in total. The average molecular weight is 721 g/mol. The summed E-state index contributed by atoms with van der Waals surface area (Å²) in [5.41, 5.74) is 2.34. The van der Waals surface area contributed by atoms with Gasteiger partial charge < -0.3 is 40.2 Å². The fraction of sp³-hybridized carbons (Fsp3) is 0.432. The van der Waals surface area contributed by atoms with Gasteiger partial charge in [0.05, 0.1) is 35.5 Å². The maximum absolute atomic E-state index is 13.9. The highest BCUT2D eigenvalue weighted by Gasteiger charge is 2.36. The summed E-state index contributed by atoms with van der Waals surface area (Å²) >= 11 is 1.54. The molecule has 274 valence electrons. The molecule has 0 aliphatic heterocycles. The molecule has 4 amide bonds. The van der Waals surface area contributed by atoms with Crippen LogP contribution in [0.5, 0.6) is 0 Å². The zero-order chi connectivity index (χ0) is 36.9. The minimum Gasteiger partial charge on any atom is -0.445 e. The molecule has 14 heteroatoms. The number of thiazole rings is 1. The first-order valence-corrected chi connectivity index (χ1v) is 17.8. The van der Waals surface area contributed by atoms with Gasteiger partial charge in [0, 0.05) is 18.3 Å². The van der Waals surface area contributed by atoms with Gasteiger partial charge in [0.2, 0.25) is 5.91 Å². The Morgan fingerprint density at radius 3 is 1.98 bits per heavy atom. The van der Waals surface area contributed by atoms with E-state index in [1.807, 2.05) is 79.9 Å². The molecule has 0 fully saturated rings. The van der Waals surface area contributed by atoms with Crippen LogP contribution in [0.1, 0.15) is 61.2 Å². The van der Waals surface area contributed by atoms with Gasteiger partial charge in [-0.2, -0.15) is 0 Å². The molecule has 0 saturated carbocycles. The predicted octanol–water partition coefficient (Wildman–Crippen LogP) is 4.41. The van der Waals surface area contributed by atoms with Gasteiger partial charge in [0.1, 0.15) is 18.2 Å². The Labute approximate surface area is 302 Å². The van der Waals surface area contributed by atoms with E-state index in [1.165, 1.54) is 17.5 Å². The third kappa shape index (κ3) is 11.9. The maximum atomic E-state index is 13.9. The second-order valence-electron chi connectivity index (χ2n) is 13.1. The lowest BCUT2D eigenvalue weighted by Crippen LogP contribution is -2.60. The lowest BCUT2D eigenvalue weighted by Gasteiger charge is -2.34. The van der Waals surface area contributed by atoms with E-state index in [1.54, 1.807) is 18.4 Å². The number of aliphatic hydroxyl groups is 2. The number of alkyl carbamates (subject to hydrolysis) is 1. The number of ether oxygens (including phenoxy) is 1. The minimum atomic E-state index is -1.55. The number of nitrogens with zero attached hydrogens (tertiary/aromatic N) is 3.